The van der Waals surface area contributed by atoms with Gasteiger partial charge in [-0.25, -0.2) is 8.42 Å². The second-order valence-corrected chi connectivity index (χ2v) is 8.71. The fraction of sp³-hybridized carbons (Fsp3) is 0.200. The highest BCUT2D eigenvalue weighted by molar-refractivity contribution is 7.99. The van der Waals surface area contributed by atoms with Crippen LogP contribution in [0.3, 0.4) is 0 Å². The Kier molecular flexibility index (Phi) is 4.22. The molecule has 0 N–H and O–H groups in total. The van der Waals surface area contributed by atoms with Gasteiger partial charge >= 0.3 is 11.3 Å². The largest absolute Gasteiger partial charge is 0.388 e. The van der Waals surface area contributed by atoms with Crippen LogP contribution in [0, 0.1) is 6.92 Å². The van der Waals surface area contributed by atoms with Crippen LogP contribution in [0.2, 0.25) is 5.02 Å². The summed E-state index contributed by atoms with van der Waals surface area (Å²) in [5, 5.41) is 0.458. The molecule has 122 valence electrons. The average Bonchev–Trinajstić information content (AvgIpc) is 2.48. The molecule has 0 fully saturated rings. The lowest BCUT2D eigenvalue weighted by Gasteiger charge is -2.31. The van der Waals surface area contributed by atoms with Gasteiger partial charge in [-0.15, -0.1) is 0 Å². The molecule has 0 saturated heterocycles. The zero-order chi connectivity index (χ0) is 16.8. The van der Waals surface area contributed by atoms with Crippen LogP contribution in [0.5, 0.6) is 5.75 Å². The first-order valence-electron chi connectivity index (χ1n) is 6.81. The Labute approximate surface area is 142 Å². The van der Waals surface area contributed by atoms with Gasteiger partial charge in [0.2, 0.25) is 0 Å². The standard InChI is InChI=1S/C15H14ClNO4S2/c1-10-3-6-13(7-4-10)23(19,20)17-11(2)14-9-12(16)5-8-15(14)21-22(17)18/h3-9,11H,1-2H3/t11-,22+/m0/s1. The quantitative estimate of drug-likeness (QED) is 0.811. The predicted molar refractivity (Wildman–Crippen MR) is 88.8 cm³/mol. The number of sulfonamides is 1. The van der Waals surface area contributed by atoms with Gasteiger partial charge in [-0.3, -0.25) is 0 Å². The summed E-state index contributed by atoms with van der Waals surface area (Å²) < 4.78 is 44.1. The van der Waals surface area contributed by atoms with Crippen molar-refractivity contribution in [1.82, 2.24) is 3.71 Å². The highest BCUT2D eigenvalue weighted by atomic mass is 35.5. The maximum absolute atomic E-state index is 12.8. The third-order valence-corrected chi connectivity index (χ3v) is 7.38. The van der Waals surface area contributed by atoms with E-state index in [4.69, 9.17) is 15.8 Å². The lowest BCUT2D eigenvalue weighted by atomic mass is 10.1. The molecule has 0 bridgehead atoms. The Bertz CT molecular complexity index is 881. The third kappa shape index (κ3) is 2.89. The molecule has 23 heavy (non-hydrogen) atoms. The molecule has 5 nitrogen and oxygen atoms in total. The number of nitrogens with zero attached hydrogens (tertiary/aromatic N) is 1. The zero-order valence-electron chi connectivity index (χ0n) is 12.4. The van der Waals surface area contributed by atoms with E-state index in [9.17, 15) is 12.6 Å². The van der Waals surface area contributed by atoms with Gasteiger partial charge in [0.25, 0.3) is 10.0 Å². The van der Waals surface area contributed by atoms with Crippen LogP contribution in [0.15, 0.2) is 47.4 Å². The number of aryl methyl sites for hydroxylation is 1. The number of rotatable bonds is 2. The van der Waals surface area contributed by atoms with Crippen molar-refractivity contribution in [3.8, 4) is 5.75 Å². The summed E-state index contributed by atoms with van der Waals surface area (Å²) in [5.41, 5.74) is 1.51. The predicted octanol–water partition coefficient (Wildman–Crippen LogP) is 3.37. The molecule has 2 atom stereocenters. The topological polar surface area (TPSA) is 63.7 Å². The Balaban J connectivity index is 2.09. The van der Waals surface area contributed by atoms with E-state index in [1.807, 2.05) is 6.92 Å². The molecule has 0 amide bonds. The van der Waals surface area contributed by atoms with E-state index in [0.717, 1.165) is 9.27 Å². The minimum Gasteiger partial charge on any atom is -0.388 e. The number of hydrogen-bond acceptors (Lipinski definition) is 4. The summed E-state index contributed by atoms with van der Waals surface area (Å²) in [5.74, 6) is 0.371. The lowest BCUT2D eigenvalue weighted by molar-refractivity contribution is 0.403. The van der Waals surface area contributed by atoms with E-state index in [-0.39, 0.29) is 4.90 Å². The van der Waals surface area contributed by atoms with Gasteiger partial charge in [-0.05, 0) is 44.2 Å². The number of halogens is 1. The van der Waals surface area contributed by atoms with Crippen LogP contribution < -0.4 is 4.18 Å². The molecule has 0 spiro atoms. The Hall–Kier alpha value is -1.41. The van der Waals surface area contributed by atoms with E-state index in [1.54, 1.807) is 37.3 Å². The van der Waals surface area contributed by atoms with Crippen molar-refractivity contribution in [2.24, 2.45) is 0 Å². The average molecular weight is 372 g/mol. The van der Waals surface area contributed by atoms with E-state index < -0.39 is 27.3 Å². The molecule has 1 aliphatic heterocycles. The molecule has 0 radical (unpaired) electrons. The summed E-state index contributed by atoms with van der Waals surface area (Å²) in [7, 11) is -3.97. The monoisotopic (exact) mass is 371 g/mol. The fourth-order valence-corrected chi connectivity index (χ4v) is 5.52. The fourth-order valence-electron chi connectivity index (χ4n) is 2.38. The smallest absolute Gasteiger partial charge is 0.305 e. The van der Waals surface area contributed by atoms with E-state index in [2.05, 4.69) is 0 Å². The molecule has 0 aliphatic carbocycles. The van der Waals surface area contributed by atoms with Crippen molar-refractivity contribution in [2.45, 2.75) is 24.8 Å². The number of hydrogen-bond donors (Lipinski definition) is 0. The van der Waals surface area contributed by atoms with Gasteiger partial charge in [0.15, 0.2) is 0 Å². The number of benzene rings is 2. The van der Waals surface area contributed by atoms with Gasteiger partial charge in [-0.2, -0.15) is 4.21 Å². The summed E-state index contributed by atoms with van der Waals surface area (Å²) >= 11 is 3.83. The minimum atomic E-state index is -3.97. The second-order valence-electron chi connectivity index (χ2n) is 5.23. The van der Waals surface area contributed by atoms with Gasteiger partial charge in [0, 0.05) is 10.6 Å². The van der Waals surface area contributed by atoms with Gasteiger partial charge in [-0.1, -0.05) is 33.0 Å². The Morgan fingerprint density at radius 3 is 2.48 bits per heavy atom. The van der Waals surface area contributed by atoms with Crippen molar-refractivity contribution in [3.63, 3.8) is 0 Å². The van der Waals surface area contributed by atoms with Crippen molar-refractivity contribution in [3.05, 3.63) is 58.6 Å². The van der Waals surface area contributed by atoms with Crippen LogP contribution >= 0.6 is 11.6 Å². The van der Waals surface area contributed by atoms with Gasteiger partial charge < -0.3 is 4.18 Å². The highest BCUT2D eigenvalue weighted by Crippen LogP contribution is 2.40. The van der Waals surface area contributed by atoms with Crippen molar-refractivity contribution < 1.29 is 16.8 Å². The van der Waals surface area contributed by atoms with Crippen LogP contribution in [-0.4, -0.2) is 16.3 Å². The van der Waals surface area contributed by atoms with E-state index in [1.165, 1.54) is 12.1 Å². The van der Waals surface area contributed by atoms with E-state index >= 15 is 0 Å². The molecule has 3 rings (SSSR count). The second kappa shape index (κ2) is 5.90. The van der Waals surface area contributed by atoms with Gasteiger partial charge in [0.1, 0.15) is 5.75 Å². The summed E-state index contributed by atoms with van der Waals surface area (Å²) in [4.78, 5) is 0.0670. The molecular weight excluding hydrogens is 358 g/mol. The Morgan fingerprint density at radius 2 is 1.83 bits per heavy atom. The van der Waals surface area contributed by atoms with Crippen molar-refractivity contribution >= 4 is 32.9 Å². The first-order valence-corrected chi connectivity index (χ1v) is 9.66. The molecule has 1 aliphatic rings. The summed E-state index contributed by atoms with van der Waals surface area (Å²) in [6, 6.07) is 10.5. The van der Waals surface area contributed by atoms with E-state index in [0.29, 0.717) is 16.3 Å². The molecule has 0 unspecified atom stereocenters. The molecule has 0 aromatic heterocycles. The van der Waals surface area contributed by atoms with Gasteiger partial charge in [0.05, 0.1) is 10.9 Å². The lowest BCUT2D eigenvalue weighted by Crippen LogP contribution is -2.40. The van der Waals surface area contributed by atoms with Crippen molar-refractivity contribution in [1.29, 1.82) is 0 Å². The highest BCUT2D eigenvalue weighted by Gasteiger charge is 2.41. The molecule has 2 aromatic carbocycles. The zero-order valence-corrected chi connectivity index (χ0v) is 14.8. The van der Waals surface area contributed by atoms with Crippen LogP contribution in [-0.2, 0) is 21.3 Å². The maximum atomic E-state index is 12.8. The van der Waals surface area contributed by atoms with Crippen LogP contribution in [0.25, 0.3) is 0 Å². The Morgan fingerprint density at radius 1 is 1.17 bits per heavy atom. The van der Waals surface area contributed by atoms with Crippen molar-refractivity contribution in [2.75, 3.05) is 0 Å². The third-order valence-electron chi connectivity index (χ3n) is 3.60. The summed E-state index contributed by atoms with van der Waals surface area (Å²) in [6.07, 6.45) is 0. The number of fused-ring (bicyclic) bond motifs is 1. The molecule has 8 heteroatoms. The first-order chi connectivity index (χ1) is 10.8. The molecule has 0 saturated carbocycles. The summed E-state index contributed by atoms with van der Waals surface area (Å²) in [6.45, 7) is 3.51. The van der Waals surface area contributed by atoms with Crippen LogP contribution in [0.4, 0.5) is 0 Å². The molecule has 1 heterocycles. The SMILES string of the molecule is Cc1ccc(S(=O)(=O)N2[C@@H](C)c3cc(Cl)ccc3O[S@]2=O)cc1. The normalized spacial score (nSPS) is 21.5. The maximum Gasteiger partial charge on any atom is 0.305 e. The van der Waals surface area contributed by atoms with Crippen LogP contribution in [0.1, 0.15) is 24.1 Å². The molecular formula is C15H14ClNO4S2. The minimum absolute atomic E-state index is 0.0670. The first kappa shape index (κ1) is 16.4. The molecule has 2 aromatic rings.